The molecule has 1 unspecified atom stereocenters. The van der Waals surface area contributed by atoms with Crippen molar-refractivity contribution in [2.24, 2.45) is 0 Å². The van der Waals surface area contributed by atoms with Gasteiger partial charge in [-0.05, 0) is 35.2 Å². The number of nitrogens with one attached hydrogen (secondary N) is 1. The summed E-state index contributed by atoms with van der Waals surface area (Å²) in [6.07, 6.45) is 1.21. The van der Waals surface area contributed by atoms with Crippen molar-refractivity contribution >= 4 is 45.2 Å². The molecular weight excluding hydrogens is 554 g/mol. The van der Waals surface area contributed by atoms with Crippen molar-refractivity contribution in [3.63, 3.8) is 0 Å². The lowest BCUT2D eigenvalue weighted by Gasteiger charge is -2.31. The first-order valence-corrected chi connectivity index (χ1v) is 14.0. The predicted molar refractivity (Wildman–Crippen MR) is 151 cm³/mol. The van der Waals surface area contributed by atoms with E-state index < -0.39 is 11.0 Å². The zero-order chi connectivity index (χ0) is 26.6. The minimum atomic E-state index is -0.666. The molecule has 1 N–H and O–H groups in total. The van der Waals surface area contributed by atoms with Crippen LogP contribution in [-0.4, -0.2) is 40.0 Å². The van der Waals surface area contributed by atoms with Gasteiger partial charge in [0.05, 0.1) is 10.7 Å². The Morgan fingerprint density at radius 3 is 2.35 bits per heavy atom. The van der Waals surface area contributed by atoms with Gasteiger partial charge in [0.1, 0.15) is 6.04 Å². The van der Waals surface area contributed by atoms with Gasteiger partial charge in [-0.15, -0.1) is 11.8 Å². The molecule has 0 aliphatic heterocycles. The summed E-state index contributed by atoms with van der Waals surface area (Å²) in [6.45, 7) is 2.83. The number of nitro groups is 1. The Hall–Kier alpha value is -3.17. The molecule has 0 saturated heterocycles. The second-order valence-electron chi connectivity index (χ2n) is 8.56. The molecule has 0 heterocycles. The fraction of sp³-hybridized carbons (Fsp3) is 0.286. The number of amides is 2. The molecule has 0 bridgehead atoms. The molecular formula is C28H30BrN3O4S. The Morgan fingerprint density at radius 1 is 1.00 bits per heavy atom. The van der Waals surface area contributed by atoms with E-state index in [0.29, 0.717) is 25.3 Å². The highest BCUT2D eigenvalue weighted by molar-refractivity contribution is 9.10. The van der Waals surface area contributed by atoms with Gasteiger partial charge in [0.15, 0.2) is 0 Å². The van der Waals surface area contributed by atoms with E-state index in [1.165, 1.54) is 23.9 Å². The molecule has 0 fully saturated rings. The average molecular weight is 585 g/mol. The third kappa shape index (κ3) is 9.02. The van der Waals surface area contributed by atoms with Crippen molar-refractivity contribution in [2.45, 2.75) is 38.1 Å². The van der Waals surface area contributed by atoms with Crippen molar-refractivity contribution in [2.75, 3.05) is 12.3 Å². The van der Waals surface area contributed by atoms with Gasteiger partial charge in [-0.1, -0.05) is 77.5 Å². The predicted octanol–water partition coefficient (Wildman–Crippen LogP) is 5.76. The Kier molecular flexibility index (Phi) is 11.2. The number of carbonyl (C=O) groups excluding carboxylic acids is 2. The van der Waals surface area contributed by atoms with Crippen LogP contribution in [0, 0.1) is 10.1 Å². The van der Waals surface area contributed by atoms with Crippen molar-refractivity contribution in [3.05, 3.63) is 110 Å². The van der Waals surface area contributed by atoms with Crippen LogP contribution < -0.4 is 5.32 Å². The van der Waals surface area contributed by atoms with Crippen LogP contribution in [0.3, 0.4) is 0 Å². The fourth-order valence-corrected chi connectivity index (χ4v) is 5.12. The number of nitrogens with zero attached hydrogens (tertiary/aromatic N) is 2. The van der Waals surface area contributed by atoms with E-state index in [2.05, 4.69) is 21.2 Å². The molecule has 2 amide bonds. The van der Waals surface area contributed by atoms with Gasteiger partial charge in [0.25, 0.3) is 5.69 Å². The monoisotopic (exact) mass is 583 g/mol. The van der Waals surface area contributed by atoms with Crippen LogP contribution >= 0.6 is 27.7 Å². The summed E-state index contributed by atoms with van der Waals surface area (Å²) < 4.78 is 0.903. The molecule has 3 aromatic carbocycles. The zero-order valence-electron chi connectivity index (χ0n) is 20.6. The third-order valence-corrected chi connectivity index (χ3v) is 7.19. The van der Waals surface area contributed by atoms with Crippen molar-refractivity contribution < 1.29 is 14.5 Å². The Morgan fingerprint density at radius 2 is 1.70 bits per heavy atom. The second kappa shape index (κ2) is 14.5. The molecule has 7 nitrogen and oxygen atoms in total. The molecule has 37 heavy (non-hydrogen) atoms. The fourth-order valence-electron chi connectivity index (χ4n) is 3.80. The number of halogens is 1. The second-order valence-corrected chi connectivity index (χ2v) is 10.5. The van der Waals surface area contributed by atoms with Gasteiger partial charge in [0, 0.05) is 41.9 Å². The van der Waals surface area contributed by atoms with Gasteiger partial charge in [-0.3, -0.25) is 19.7 Å². The number of nitro benzene ring substituents is 1. The van der Waals surface area contributed by atoms with E-state index in [1.54, 1.807) is 17.0 Å². The number of hydrogen-bond donors (Lipinski definition) is 1. The van der Waals surface area contributed by atoms with Crippen LogP contribution in [-0.2, 0) is 28.3 Å². The minimum absolute atomic E-state index is 0.0341. The third-order valence-electron chi connectivity index (χ3n) is 5.70. The van der Waals surface area contributed by atoms with E-state index >= 15 is 0 Å². The summed E-state index contributed by atoms with van der Waals surface area (Å²) >= 11 is 4.92. The maximum Gasteiger partial charge on any atom is 0.269 e. The van der Waals surface area contributed by atoms with Gasteiger partial charge in [-0.25, -0.2) is 0 Å². The molecule has 194 valence electrons. The topological polar surface area (TPSA) is 92.6 Å². The standard InChI is InChI=1S/C28H30BrN3O4S/c1-2-15-30-28(34)26(17-21-7-4-3-5-8-21)31(18-23-9-6-10-24(29)16-23)27(33)20-37-19-22-11-13-25(14-12-22)32(35)36/h3-14,16,26H,2,15,17-20H2,1H3,(H,30,34). The van der Waals surface area contributed by atoms with Crippen LogP contribution in [0.15, 0.2) is 83.3 Å². The highest BCUT2D eigenvalue weighted by Crippen LogP contribution is 2.21. The molecule has 0 aliphatic carbocycles. The van der Waals surface area contributed by atoms with Crippen molar-refractivity contribution in [1.82, 2.24) is 10.2 Å². The first-order valence-electron chi connectivity index (χ1n) is 12.0. The Balaban J connectivity index is 1.80. The highest BCUT2D eigenvalue weighted by atomic mass is 79.9. The van der Waals surface area contributed by atoms with E-state index in [0.717, 1.165) is 27.6 Å². The SMILES string of the molecule is CCCNC(=O)C(Cc1ccccc1)N(Cc1cccc(Br)c1)C(=O)CSCc1ccc([N+](=O)[O-])cc1. The number of thioether (sulfide) groups is 1. The number of rotatable bonds is 13. The molecule has 0 aromatic heterocycles. The number of non-ortho nitro benzene ring substituents is 1. The van der Waals surface area contributed by atoms with Crippen LogP contribution in [0.4, 0.5) is 5.69 Å². The van der Waals surface area contributed by atoms with Crippen molar-refractivity contribution in [3.8, 4) is 0 Å². The van der Waals surface area contributed by atoms with E-state index in [9.17, 15) is 19.7 Å². The van der Waals surface area contributed by atoms with Gasteiger partial charge in [-0.2, -0.15) is 0 Å². The van der Waals surface area contributed by atoms with Crippen LogP contribution in [0.1, 0.15) is 30.0 Å². The Bertz CT molecular complexity index is 1190. The molecule has 3 aromatic rings. The number of hydrogen-bond acceptors (Lipinski definition) is 5. The van der Waals surface area contributed by atoms with Crippen LogP contribution in [0.5, 0.6) is 0 Å². The summed E-state index contributed by atoms with van der Waals surface area (Å²) in [6, 6.07) is 23.1. The zero-order valence-corrected chi connectivity index (χ0v) is 23.0. The minimum Gasteiger partial charge on any atom is -0.354 e. The highest BCUT2D eigenvalue weighted by Gasteiger charge is 2.30. The van der Waals surface area contributed by atoms with Gasteiger partial charge in [0.2, 0.25) is 11.8 Å². The molecule has 0 radical (unpaired) electrons. The lowest BCUT2D eigenvalue weighted by Crippen LogP contribution is -2.51. The van der Waals surface area contributed by atoms with E-state index in [4.69, 9.17) is 0 Å². The number of benzene rings is 3. The lowest BCUT2D eigenvalue weighted by molar-refractivity contribution is -0.384. The normalized spacial score (nSPS) is 11.5. The summed E-state index contributed by atoms with van der Waals surface area (Å²) in [7, 11) is 0. The summed E-state index contributed by atoms with van der Waals surface area (Å²) in [5.74, 6) is 0.394. The molecule has 0 aliphatic rings. The first-order chi connectivity index (χ1) is 17.9. The summed E-state index contributed by atoms with van der Waals surface area (Å²) in [5.41, 5.74) is 2.82. The molecule has 0 saturated carbocycles. The van der Waals surface area contributed by atoms with Crippen LogP contribution in [0.2, 0.25) is 0 Å². The van der Waals surface area contributed by atoms with Crippen LogP contribution in [0.25, 0.3) is 0 Å². The first kappa shape index (κ1) is 28.4. The molecule has 1 atom stereocenters. The summed E-state index contributed by atoms with van der Waals surface area (Å²) in [4.78, 5) is 39.0. The largest absolute Gasteiger partial charge is 0.354 e. The Labute approximate surface area is 229 Å². The smallest absolute Gasteiger partial charge is 0.269 e. The summed E-state index contributed by atoms with van der Waals surface area (Å²) in [5, 5.41) is 13.9. The van der Waals surface area contributed by atoms with Gasteiger partial charge >= 0.3 is 0 Å². The molecule has 0 spiro atoms. The average Bonchev–Trinajstić information content (AvgIpc) is 2.90. The maximum atomic E-state index is 13.6. The maximum absolute atomic E-state index is 13.6. The number of carbonyl (C=O) groups is 2. The van der Waals surface area contributed by atoms with E-state index in [-0.39, 0.29) is 23.3 Å². The lowest BCUT2D eigenvalue weighted by atomic mass is 10.0. The molecule has 9 heteroatoms. The molecule has 3 rings (SSSR count). The van der Waals surface area contributed by atoms with Crippen molar-refractivity contribution in [1.29, 1.82) is 0 Å². The quantitative estimate of drug-likeness (QED) is 0.204. The van der Waals surface area contributed by atoms with Gasteiger partial charge < -0.3 is 10.2 Å². The van der Waals surface area contributed by atoms with E-state index in [1.807, 2.05) is 61.5 Å².